The van der Waals surface area contributed by atoms with Crippen molar-refractivity contribution in [1.29, 1.82) is 0 Å². The van der Waals surface area contributed by atoms with Gasteiger partial charge in [-0.3, -0.25) is 0 Å². The maximum absolute atomic E-state index is 9.98. The fourth-order valence-electron chi connectivity index (χ4n) is 2.21. The van der Waals surface area contributed by atoms with Crippen LogP contribution in [0.5, 0.6) is 0 Å². The normalized spacial score (nSPS) is 22.7. The first-order valence-electron chi connectivity index (χ1n) is 6.11. The van der Waals surface area contributed by atoms with Gasteiger partial charge in [-0.15, -0.1) is 0 Å². The smallest absolute Gasteiger partial charge is 0.0792 e. The predicted molar refractivity (Wildman–Crippen MR) is 60.7 cm³/mol. The Labute approximate surface area is 91.1 Å². The first-order valence-corrected chi connectivity index (χ1v) is 6.11. The third-order valence-electron chi connectivity index (χ3n) is 3.62. The van der Waals surface area contributed by atoms with Crippen molar-refractivity contribution in [1.82, 2.24) is 0 Å². The van der Waals surface area contributed by atoms with E-state index in [9.17, 15) is 5.11 Å². The summed E-state index contributed by atoms with van der Waals surface area (Å²) >= 11 is 0. The second kappa shape index (κ2) is 3.64. The second-order valence-corrected chi connectivity index (χ2v) is 5.14. The van der Waals surface area contributed by atoms with Crippen molar-refractivity contribution in [3.63, 3.8) is 0 Å². The summed E-state index contributed by atoms with van der Waals surface area (Å²) in [7, 11) is 0. The molecule has 2 saturated carbocycles. The zero-order valence-corrected chi connectivity index (χ0v) is 9.02. The Morgan fingerprint density at radius 3 is 2.27 bits per heavy atom. The molecule has 0 spiro atoms. The van der Waals surface area contributed by atoms with Gasteiger partial charge in [0.15, 0.2) is 0 Å². The molecule has 0 aliphatic heterocycles. The van der Waals surface area contributed by atoms with Crippen molar-refractivity contribution < 1.29 is 5.11 Å². The third-order valence-corrected chi connectivity index (χ3v) is 3.62. The molecule has 15 heavy (non-hydrogen) atoms. The highest BCUT2D eigenvalue weighted by molar-refractivity contribution is 5.29. The van der Waals surface area contributed by atoms with Crippen LogP contribution in [0.4, 0.5) is 0 Å². The van der Waals surface area contributed by atoms with Crippen molar-refractivity contribution in [2.24, 2.45) is 5.92 Å². The van der Waals surface area contributed by atoms with Gasteiger partial charge in [-0.25, -0.2) is 0 Å². The molecule has 0 bridgehead atoms. The molecule has 1 nitrogen and oxygen atoms in total. The molecule has 1 heteroatoms. The quantitative estimate of drug-likeness (QED) is 0.793. The molecule has 0 aromatic heterocycles. The van der Waals surface area contributed by atoms with Gasteiger partial charge in [-0.2, -0.15) is 0 Å². The maximum atomic E-state index is 9.98. The molecular weight excluding hydrogens is 184 g/mol. The first-order chi connectivity index (χ1) is 7.33. The van der Waals surface area contributed by atoms with E-state index in [1.54, 1.807) is 0 Å². The van der Waals surface area contributed by atoms with Gasteiger partial charge >= 0.3 is 0 Å². The summed E-state index contributed by atoms with van der Waals surface area (Å²) in [6.07, 6.45) is 6.07. The van der Waals surface area contributed by atoms with E-state index in [0.29, 0.717) is 0 Å². The summed E-state index contributed by atoms with van der Waals surface area (Å²) in [5.41, 5.74) is 2.56. The van der Waals surface area contributed by atoms with Crippen LogP contribution in [-0.4, -0.2) is 5.11 Å². The minimum Gasteiger partial charge on any atom is -0.388 e. The minimum absolute atomic E-state index is 0.231. The zero-order valence-electron chi connectivity index (χ0n) is 9.02. The van der Waals surface area contributed by atoms with Crippen LogP contribution in [0.15, 0.2) is 24.3 Å². The van der Waals surface area contributed by atoms with E-state index in [4.69, 9.17) is 0 Å². The van der Waals surface area contributed by atoms with Crippen molar-refractivity contribution in [2.45, 2.75) is 44.1 Å². The van der Waals surface area contributed by atoms with Gasteiger partial charge in [0, 0.05) is 0 Å². The Morgan fingerprint density at radius 2 is 1.73 bits per heavy atom. The molecule has 2 aliphatic rings. The topological polar surface area (TPSA) is 20.2 Å². The highest BCUT2D eigenvalue weighted by Crippen LogP contribution is 2.41. The number of hydrogen-bond donors (Lipinski definition) is 1. The minimum atomic E-state index is -0.231. The van der Waals surface area contributed by atoms with Crippen molar-refractivity contribution >= 4 is 0 Å². The molecule has 0 heterocycles. The lowest BCUT2D eigenvalue weighted by atomic mass is 10.0. The third kappa shape index (κ3) is 2.23. The Bertz CT molecular complexity index is 333. The molecule has 0 saturated heterocycles. The Balaban J connectivity index is 1.67. The van der Waals surface area contributed by atoms with Crippen LogP contribution in [0.25, 0.3) is 0 Å². The Kier molecular flexibility index (Phi) is 2.28. The molecule has 1 unspecified atom stereocenters. The van der Waals surface area contributed by atoms with Crippen LogP contribution < -0.4 is 0 Å². The number of aliphatic hydroxyl groups is 1. The molecule has 80 valence electrons. The number of rotatable bonds is 4. The summed E-state index contributed by atoms with van der Waals surface area (Å²) in [5.74, 6) is 1.61. The summed E-state index contributed by atoms with van der Waals surface area (Å²) in [6.45, 7) is 0. The largest absolute Gasteiger partial charge is 0.388 e. The lowest BCUT2D eigenvalue weighted by molar-refractivity contribution is 0.160. The summed E-state index contributed by atoms with van der Waals surface area (Å²) < 4.78 is 0. The predicted octanol–water partition coefficient (Wildman–Crippen LogP) is 3.40. The second-order valence-electron chi connectivity index (χ2n) is 5.14. The summed E-state index contributed by atoms with van der Waals surface area (Å²) in [4.78, 5) is 0. The molecule has 0 radical (unpaired) electrons. The van der Waals surface area contributed by atoms with E-state index < -0.39 is 0 Å². The monoisotopic (exact) mass is 202 g/mol. The lowest BCUT2D eigenvalue weighted by Gasteiger charge is -2.10. The van der Waals surface area contributed by atoms with E-state index in [-0.39, 0.29) is 6.10 Å². The molecular formula is C14H18O. The highest BCUT2D eigenvalue weighted by atomic mass is 16.3. The number of aliphatic hydroxyl groups excluding tert-OH is 1. The fourth-order valence-corrected chi connectivity index (χ4v) is 2.21. The highest BCUT2D eigenvalue weighted by Gasteiger charge is 2.26. The molecule has 2 fully saturated rings. The SMILES string of the molecule is OC(CC1CC1)c1ccc(C2CC2)cc1. The zero-order chi connectivity index (χ0) is 10.3. The molecule has 1 aromatic rings. The number of hydrogen-bond acceptors (Lipinski definition) is 1. The van der Waals surface area contributed by atoms with Crippen LogP contribution in [-0.2, 0) is 0 Å². The van der Waals surface area contributed by atoms with Gasteiger partial charge in [0.05, 0.1) is 6.10 Å². The van der Waals surface area contributed by atoms with Crippen LogP contribution in [0.2, 0.25) is 0 Å². The van der Waals surface area contributed by atoms with E-state index in [2.05, 4.69) is 24.3 Å². The molecule has 2 aliphatic carbocycles. The Morgan fingerprint density at radius 1 is 1.07 bits per heavy atom. The molecule has 3 rings (SSSR count). The van der Waals surface area contributed by atoms with Crippen molar-refractivity contribution in [2.75, 3.05) is 0 Å². The van der Waals surface area contributed by atoms with E-state index in [1.165, 1.54) is 31.2 Å². The summed E-state index contributed by atoms with van der Waals surface area (Å²) in [5, 5.41) is 9.98. The fraction of sp³-hybridized carbons (Fsp3) is 0.571. The first kappa shape index (κ1) is 9.41. The van der Waals surface area contributed by atoms with Crippen LogP contribution in [0, 0.1) is 5.92 Å². The van der Waals surface area contributed by atoms with E-state index >= 15 is 0 Å². The van der Waals surface area contributed by atoms with E-state index in [0.717, 1.165) is 23.8 Å². The van der Waals surface area contributed by atoms with Gasteiger partial charge in [0.1, 0.15) is 0 Å². The molecule has 1 aromatic carbocycles. The molecule has 0 amide bonds. The average Bonchev–Trinajstić information content (AvgIpc) is 3.12. The number of benzene rings is 1. The van der Waals surface area contributed by atoms with Crippen molar-refractivity contribution in [3.05, 3.63) is 35.4 Å². The van der Waals surface area contributed by atoms with Gasteiger partial charge in [-0.05, 0) is 42.2 Å². The van der Waals surface area contributed by atoms with Gasteiger partial charge in [0.25, 0.3) is 0 Å². The average molecular weight is 202 g/mol. The van der Waals surface area contributed by atoms with Crippen molar-refractivity contribution in [3.8, 4) is 0 Å². The van der Waals surface area contributed by atoms with Crippen LogP contribution in [0.1, 0.15) is 55.3 Å². The maximum Gasteiger partial charge on any atom is 0.0792 e. The molecule has 1 atom stereocenters. The van der Waals surface area contributed by atoms with Crippen LogP contribution >= 0.6 is 0 Å². The van der Waals surface area contributed by atoms with Crippen LogP contribution in [0.3, 0.4) is 0 Å². The lowest BCUT2D eigenvalue weighted by Crippen LogP contribution is -1.98. The summed E-state index contributed by atoms with van der Waals surface area (Å²) in [6, 6.07) is 8.62. The van der Waals surface area contributed by atoms with Gasteiger partial charge in [-0.1, -0.05) is 37.1 Å². The Hall–Kier alpha value is -0.820. The standard InChI is InChI=1S/C14H18O/c15-14(9-10-1-2-10)13-7-5-12(6-8-13)11-3-4-11/h5-8,10-11,14-15H,1-4,9H2. The molecule has 1 N–H and O–H groups in total. The van der Waals surface area contributed by atoms with Gasteiger partial charge in [0.2, 0.25) is 0 Å². The van der Waals surface area contributed by atoms with Gasteiger partial charge < -0.3 is 5.11 Å². The van der Waals surface area contributed by atoms with E-state index in [1.807, 2.05) is 0 Å².